The van der Waals surface area contributed by atoms with Crippen LogP contribution < -0.4 is 0 Å². The Labute approximate surface area is 163 Å². The third-order valence-electron chi connectivity index (χ3n) is 5.26. The second-order valence-electron chi connectivity index (χ2n) is 6.77. The van der Waals surface area contributed by atoms with Gasteiger partial charge >= 0.3 is 5.97 Å². The SMILES string of the molecule is CCc1ccc([C@@H]2[C@H](S(=O)(=O)c3ccc(Cl)cc3)[C@]2(COC)C(=O)O)cc1. The molecule has 27 heavy (non-hydrogen) atoms. The Balaban J connectivity index is 2.09. The fourth-order valence-corrected chi connectivity index (χ4v) is 6.28. The molecular formula is C20H21ClO5S. The number of carbonyl (C=O) groups is 1. The predicted octanol–water partition coefficient (Wildman–Crippen LogP) is 3.56. The number of aliphatic carboxylic acids is 1. The zero-order chi connectivity index (χ0) is 19.8. The lowest BCUT2D eigenvalue weighted by molar-refractivity contribution is -0.145. The van der Waals surface area contributed by atoms with E-state index in [1.807, 2.05) is 31.2 Å². The molecule has 0 saturated heterocycles. The fraction of sp³-hybridized carbons (Fsp3) is 0.350. The summed E-state index contributed by atoms with van der Waals surface area (Å²) in [4.78, 5) is 12.2. The number of halogens is 1. The van der Waals surface area contributed by atoms with Crippen LogP contribution in [0.3, 0.4) is 0 Å². The molecule has 2 aromatic carbocycles. The molecule has 1 aliphatic carbocycles. The van der Waals surface area contributed by atoms with Gasteiger partial charge in [-0.25, -0.2) is 8.42 Å². The topological polar surface area (TPSA) is 80.7 Å². The van der Waals surface area contributed by atoms with Gasteiger partial charge in [-0.3, -0.25) is 4.79 Å². The molecule has 0 aliphatic heterocycles. The number of benzene rings is 2. The molecule has 5 nitrogen and oxygen atoms in total. The number of carboxylic acid groups (broad SMARTS) is 1. The molecule has 0 bridgehead atoms. The molecule has 1 aliphatic rings. The molecule has 3 rings (SSSR count). The second kappa shape index (κ2) is 7.26. The van der Waals surface area contributed by atoms with E-state index in [0.717, 1.165) is 12.0 Å². The second-order valence-corrected chi connectivity index (χ2v) is 9.28. The number of aryl methyl sites for hydroxylation is 1. The van der Waals surface area contributed by atoms with Crippen LogP contribution in [-0.4, -0.2) is 38.5 Å². The average Bonchev–Trinajstić information content (AvgIpc) is 3.33. The van der Waals surface area contributed by atoms with E-state index < -0.39 is 32.4 Å². The number of sulfone groups is 1. The highest BCUT2D eigenvalue weighted by atomic mass is 35.5. The summed E-state index contributed by atoms with van der Waals surface area (Å²) in [5.74, 6) is -1.85. The molecule has 1 fully saturated rings. The number of rotatable bonds is 7. The fourth-order valence-electron chi connectivity index (χ4n) is 3.79. The maximum Gasteiger partial charge on any atom is 0.314 e. The van der Waals surface area contributed by atoms with Gasteiger partial charge in [0.2, 0.25) is 0 Å². The molecule has 2 aromatic rings. The number of carboxylic acids is 1. The Morgan fingerprint density at radius 3 is 2.22 bits per heavy atom. The van der Waals surface area contributed by atoms with Crippen molar-refractivity contribution in [3.8, 4) is 0 Å². The van der Waals surface area contributed by atoms with Crippen molar-refractivity contribution >= 4 is 27.4 Å². The van der Waals surface area contributed by atoms with Crippen LogP contribution in [0.4, 0.5) is 0 Å². The third-order valence-corrected chi connectivity index (χ3v) is 7.80. The standard InChI is InChI=1S/C20H21ClO5S/c1-3-13-4-6-14(7-5-13)17-18(20(17,12-26-2)19(22)23)27(24,25)16-10-8-15(21)9-11-16/h4-11,17-18H,3,12H2,1-2H3,(H,22,23)/t17-,18+,20-/m1/s1. The summed E-state index contributed by atoms with van der Waals surface area (Å²) < 4.78 is 31.6. The van der Waals surface area contributed by atoms with E-state index in [9.17, 15) is 18.3 Å². The van der Waals surface area contributed by atoms with Gasteiger partial charge in [0.05, 0.1) is 16.8 Å². The van der Waals surface area contributed by atoms with Gasteiger partial charge in [0, 0.05) is 18.1 Å². The first kappa shape index (κ1) is 19.9. The van der Waals surface area contributed by atoms with E-state index in [-0.39, 0.29) is 11.5 Å². The van der Waals surface area contributed by atoms with E-state index in [1.54, 1.807) is 0 Å². The minimum atomic E-state index is -3.89. The van der Waals surface area contributed by atoms with Gasteiger partial charge in [0.1, 0.15) is 5.41 Å². The molecule has 7 heteroatoms. The normalized spacial score (nSPS) is 24.6. The van der Waals surface area contributed by atoms with Crippen molar-refractivity contribution in [3.63, 3.8) is 0 Å². The van der Waals surface area contributed by atoms with E-state index in [4.69, 9.17) is 16.3 Å². The Bertz CT molecular complexity index is 937. The molecule has 144 valence electrons. The van der Waals surface area contributed by atoms with Crippen molar-refractivity contribution in [1.29, 1.82) is 0 Å². The molecule has 0 spiro atoms. The van der Waals surface area contributed by atoms with Gasteiger partial charge in [0.25, 0.3) is 0 Å². The predicted molar refractivity (Wildman–Crippen MR) is 103 cm³/mol. The van der Waals surface area contributed by atoms with Gasteiger partial charge < -0.3 is 9.84 Å². The lowest BCUT2D eigenvalue weighted by Crippen LogP contribution is -2.28. The van der Waals surface area contributed by atoms with Gasteiger partial charge in [-0.1, -0.05) is 42.8 Å². The number of hydrogen-bond donors (Lipinski definition) is 1. The van der Waals surface area contributed by atoms with Crippen LogP contribution in [0.15, 0.2) is 53.4 Å². The minimum absolute atomic E-state index is 0.0614. The van der Waals surface area contributed by atoms with Crippen LogP contribution in [0.2, 0.25) is 5.02 Å². The summed E-state index contributed by atoms with van der Waals surface area (Å²) in [7, 11) is -2.51. The largest absolute Gasteiger partial charge is 0.481 e. The lowest BCUT2D eigenvalue weighted by Gasteiger charge is -2.12. The first-order valence-corrected chi connectivity index (χ1v) is 10.5. The average molecular weight is 409 g/mol. The number of hydrogen-bond acceptors (Lipinski definition) is 4. The number of ether oxygens (including phenoxy) is 1. The maximum atomic E-state index is 13.2. The first-order valence-electron chi connectivity index (χ1n) is 8.59. The molecule has 0 amide bonds. The smallest absolute Gasteiger partial charge is 0.314 e. The highest BCUT2D eigenvalue weighted by Gasteiger charge is 2.76. The van der Waals surface area contributed by atoms with Gasteiger partial charge in [0.15, 0.2) is 9.84 Å². The van der Waals surface area contributed by atoms with Crippen LogP contribution in [0.25, 0.3) is 0 Å². The first-order chi connectivity index (χ1) is 12.8. The Kier molecular flexibility index (Phi) is 5.34. The molecule has 3 atom stereocenters. The van der Waals surface area contributed by atoms with Crippen LogP contribution in [0, 0.1) is 5.41 Å². The quantitative estimate of drug-likeness (QED) is 0.757. The molecular weight excluding hydrogens is 388 g/mol. The Hall–Kier alpha value is -1.89. The zero-order valence-electron chi connectivity index (χ0n) is 15.1. The molecule has 1 N–H and O–H groups in total. The zero-order valence-corrected chi connectivity index (χ0v) is 16.6. The summed E-state index contributed by atoms with van der Waals surface area (Å²) in [6.07, 6.45) is 0.847. The van der Waals surface area contributed by atoms with Crippen molar-refractivity contribution in [2.45, 2.75) is 29.4 Å². The summed E-state index contributed by atoms with van der Waals surface area (Å²) in [5.41, 5.74) is 0.277. The van der Waals surface area contributed by atoms with Crippen LogP contribution in [0.5, 0.6) is 0 Å². The van der Waals surface area contributed by atoms with Crippen molar-refractivity contribution in [2.75, 3.05) is 13.7 Å². The summed E-state index contributed by atoms with van der Waals surface area (Å²) >= 11 is 5.86. The van der Waals surface area contributed by atoms with Crippen LogP contribution in [-0.2, 0) is 25.8 Å². The van der Waals surface area contributed by atoms with E-state index in [1.165, 1.54) is 31.4 Å². The van der Waals surface area contributed by atoms with Gasteiger partial charge in [-0.15, -0.1) is 0 Å². The molecule has 1 saturated carbocycles. The van der Waals surface area contributed by atoms with E-state index >= 15 is 0 Å². The Morgan fingerprint density at radius 2 is 1.74 bits per heavy atom. The lowest BCUT2D eigenvalue weighted by atomic mass is 9.99. The van der Waals surface area contributed by atoms with E-state index in [2.05, 4.69) is 0 Å². The molecule has 0 heterocycles. The summed E-state index contributed by atoms with van der Waals surface area (Å²) in [6, 6.07) is 13.2. The van der Waals surface area contributed by atoms with Gasteiger partial charge in [-0.2, -0.15) is 0 Å². The van der Waals surface area contributed by atoms with Crippen molar-refractivity contribution in [3.05, 3.63) is 64.7 Å². The monoisotopic (exact) mass is 408 g/mol. The van der Waals surface area contributed by atoms with Gasteiger partial charge in [-0.05, 0) is 41.8 Å². The molecule has 0 radical (unpaired) electrons. The number of methoxy groups -OCH3 is 1. The highest BCUT2D eigenvalue weighted by molar-refractivity contribution is 7.92. The van der Waals surface area contributed by atoms with Crippen LogP contribution >= 0.6 is 11.6 Å². The van der Waals surface area contributed by atoms with E-state index in [0.29, 0.717) is 10.6 Å². The minimum Gasteiger partial charge on any atom is -0.481 e. The Morgan fingerprint density at radius 1 is 1.15 bits per heavy atom. The highest BCUT2D eigenvalue weighted by Crippen LogP contribution is 2.64. The van der Waals surface area contributed by atoms with Crippen molar-refractivity contribution in [1.82, 2.24) is 0 Å². The summed E-state index contributed by atoms with van der Waals surface area (Å²) in [5, 5.41) is 9.24. The van der Waals surface area contributed by atoms with Crippen molar-refractivity contribution in [2.24, 2.45) is 5.41 Å². The van der Waals surface area contributed by atoms with Crippen LogP contribution in [0.1, 0.15) is 24.0 Å². The molecule has 0 aromatic heterocycles. The molecule has 0 unspecified atom stereocenters. The van der Waals surface area contributed by atoms with Crippen molar-refractivity contribution < 1.29 is 23.1 Å². The maximum absolute atomic E-state index is 13.2. The third kappa shape index (κ3) is 3.26. The summed E-state index contributed by atoms with van der Waals surface area (Å²) in [6.45, 7) is 1.84.